The Morgan fingerprint density at radius 2 is 1.74 bits per heavy atom. The average molecular weight is 632 g/mol. The van der Waals surface area contributed by atoms with Crippen molar-refractivity contribution in [1.82, 2.24) is 9.88 Å². The van der Waals surface area contributed by atoms with Crippen LogP contribution in [0.2, 0.25) is 0 Å². The number of piperidine rings is 1. The van der Waals surface area contributed by atoms with Crippen LogP contribution in [0.15, 0.2) is 72.9 Å². The van der Waals surface area contributed by atoms with Crippen LogP contribution in [0.3, 0.4) is 0 Å². The zero-order valence-electron chi connectivity index (χ0n) is 24.6. The summed E-state index contributed by atoms with van der Waals surface area (Å²) in [5, 5.41) is 13.7. The van der Waals surface area contributed by atoms with Gasteiger partial charge < -0.3 is 24.4 Å². The lowest BCUT2D eigenvalue weighted by molar-refractivity contribution is -0.202. The molecule has 13 heteroatoms. The fourth-order valence-electron chi connectivity index (χ4n) is 6.09. The van der Waals surface area contributed by atoms with Crippen LogP contribution in [0.4, 0.5) is 24.5 Å². The first-order valence-corrected chi connectivity index (χ1v) is 14.5. The van der Waals surface area contributed by atoms with E-state index >= 15 is 0 Å². The van der Waals surface area contributed by atoms with Crippen molar-refractivity contribution in [3.63, 3.8) is 0 Å². The highest BCUT2D eigenvalue weighted by molar-refractivity contribution is 6.09. The second-order valence-electron chi connectivity index (χ2n) is 11.0. The topological polar surface area (TPSA) is 117 Å². The predicted molar refractivity (Wildman–Crippen MR) is 161 cm³/mol. The number of halogens is 3. The molecule has 3 heterocycles. The average Bonchev–Trinajstić information content (AvgIpc) is 3.42. The number of hydroxylamine groups is 1. The molecule has 1 fully saturated rings. The molecule has 0 saturated carbocycles. The van der Waals surface area contributed by atoms with Crippen molar-refractivity contribution in [3.05, 3.63) is 95.2 Å². The van der Waals surface area contributed by atoms with E-state index < -0.39 is 30.1 Å². The summed E-state index contributed by atoms with van der Waals surface area (Å²) < 4.78 is 47.7. The molecule has 4 aromatic rings. The van der Waals surface area contributed by atoms with Crippen molar-refractivity contribution in [1.29, 1.82) is 5.26 Å². The number of carbonyl (C=O) groups is 3. The normalized spacial score (nSPS) is 17.0. The standard InChI is InChI=1S/C33H28F3N5O5/c1-45-31(43)22-10-11-27-28(16-22)40(23-12-14-38-15-13-23)30(42)29(41(27)46-32(44)33(34,35)36)25-19-39(26-5-3-2-4-24(25)26)18-21-8-6-20(17-37)7-9-21/h2-11,16,19,23,29,38H,12-15,18H2,1H3. The van der Waals surface area contributed by atoms with Gasteiger partial charge in [0, 0.05) is 35.2 Å². The zero-order valence-corrected chi connectivity index (χ0v) is 24.6. The largest absolute Gasteiger partial charge is 0.493 e. The van der Waals surface area contributed by atoms with E-state index in [1.165, 1.54) is 30.2 Å². The molecule has 2 aliphatic heterocycles. The first-order chi connectivity index (χ1) is 22.1. The number of esters is 1. The van der Waals surface area contributed by atoms with Crippen molar-refractivity contribution >= 4 is 40.1 Å². The molecule has 0 aliphatic carbocycles. The number of aromatic nitrogens is 1. The summed E-state index contributed by atoms with van der Waals surface area (Å²) >= 11 is 0. The van der Waals surface area contributed by atoms with Crippen molar-refractivity contribution in [3.8, 4) is 6.07 Å². The van der Waals surface area contributed by atoms with Gasteiger partial charge in [-0.05, 0) is 67.9 Å². The number of methoxy groups -OCH3 is 1. The maximum absolute atomic E-state index is 14.7. The third-order valence-corrected chi connectivity index (χ3v) is 8.24. The molecule has 1 unspecified atom stereocenters. The number of nitrogens with one attached hydrogen (secondary N) is 1. The van der Waals surface area contributed by atoms with Crippen LogP contribution >= 0.6 is 0 Å². The highest BCUT2D eigenvalue weighted by Crippen LogP contribution is 2.46. The molecule has 10 nitrogen and oxygen atoms in total. The van der Waals surface area contributed by atoms with Gasteiger partial charge in [-0.3, -0.25) is 4.79 Å². The number of alkyl halides is 3. The number of ether oxygens (including phenoxy) is 1. The van der Waals surface area contributed by atoms with Gasteiger partial charge in [0.15, 0.2) is 6.04 Å². The van der Waals surface area contributed by atoms with Crippen LogP contribution in [0.5, 0.6) is 0 Å². The molecule has 3 aromatic carbocycles. The summed E-state index contributed by atoms with van der Waals surface area (Å²) in [6, 6.07) is 18.4. The van der Waals surface area contributed by atoms with Crippen molar-refractivity contribution < 1.29 is 37.1 Å². The van der Waals surface area contributed by atoms with Crippen LogP contribution in [0.25, 0.3) is 10.9 Å². The summed E-state index contributed by atoms with van der Waals surface area (Å²) in [6.07, 6.45) is -2.59. The van der Waals surface area contributed by atoms with E-state index in [4.69, 9.17) is 9.57 Å². The van der Waals surface area contributed by atoms with Gasteiger partial charge in [0.25, 0.3) is 5.91 Å². The zero-order chi connectivity index (χ0) is 32.6. The number of fused-ring (bicyclic) bond motifs is 2. The fourth-order valence-corrected chi connectivity index (χ4v) is 6.09. The summed E-state index contributed by atoms with van der Waals surface area (Å²) in [4.78, 5) is 46.1. The van der Waals surface area contributed by atoms with Gasteiger partial charge in [0.2, 0.25) is 0 Å². The lowest BCUT2D eigenvalue weighted by atomic mass is 9.95. The smallest absolute Gasteiger partial charge is 0.465 e. The van der Waals surface area contributed by atoms with E-state index in [9.17, 15) is 32.8 Å². The molecule has 236 valence electrons. The Hall–Kier alpha value is -5.35. The van der Waals surface area contributed by atoms with Crippen molar-refractivity contribution in [2.75, 3.05) is 30.2 Å². The van der Waals surface area contributed by atoms with Gasteiger partial charge >= 0.3 is 18.1 Å². The molecular weight excluding hydrogens is 603 g/mol. The first kappa shape index (κ1) is 30.7. The van der Waals surface area contributed by atoms with Gasteiger partial charge in [0.05, 0.1) is 30.0 Å². The molecule has 2 aliphatic rings. The van der Waals surface area contributed by atoms with E-state index in [1.54, 1.807) is 48.7 Å². The van der Waals surface area contributed by atoms with Crippen molar-refractivity contribution in [2.45, 2.75) is 37.6 Å². The van der Waals surface area contributed by atoms with Crippen LogP contribution in [0.1, 0.15) is 45.9 Å². The van der Waals surface area contributed by atoms with Gasteiger partial charge in [-0.25, -0.2) is 9.59 Å². The number of carbonyl (C=O) groups excluding carboxylic acids is 3. The lowest BCUT2D eigenvalue weighted by Gasteiger charge is -2.45. The van der Waals surface area contributed by atoms with Gasteiger partial charge in [-0.2, -0.15) is 23.5 Å². The number of nitrogens with zero attached hydrogens (tertiary/aromatic N) is 4. The second kappa shape index (κ2) is 12.2. The van der Waals surface area contributed by atoms with E-state index in [1.807, 2.05) is 10.6 Å². The van der Waals surface area contributed by atoms with E-state index in [2.05, 4.69) is 11.4 Å². The number of anilines is 2. The summed E-state index contributed by atoms with van der Waals surface area (Å²) in [7, 11) is 1.19. The molecule has 1 aromatic heterocycles. The van der Waals surface area contributed by atoms with E-state index in [-0.39, 0.29) is 23.0 Å². The van der Waals surface area contributed by atoms with Crippen LogP contribution < -0.4 is 15.3 Å². The predicted octanol–water partition coefficient (Wildman–Crippen LogP) is 5.01. The number of benzene rings is 3. The highest BCUT2D eigenvalue weighted by atomic mass is 19.4. The van der Waals surface area contributed by atoms with Gasteiger partial charge in [-0.15, -0.1) is 0 Å². The summed E-state index contributed by atoms with van der Waals surface area (Å²) in [5.74, 6) is -3.81. The maximum Gasteiger partial charge on any atom is 0.493 e. The molecule has 0 spiro atoms. The number of hydrogen-bond acceptors (Lipinski definition) is 8. The molecule has 1 saturated heterocycles. The SMILES string of the molecule is COC(=O)c1ccc2c(c1)N(C1CCNCC1)C(=O)C(c1cn(Cc3ccc(C#N)cc3)c3ccccc13)N2OC(=O)C(F)(F)F. The molecule has 46 heavy (non-hydrogen) atoms. The molecule has 0 bridgehead atoms. The molecule has 1 N–H and O–H groups in total. The molecule has 0 radical (unpaired) electrons. The van der Waals surface area contributed by atoms with Crippen LogP contribution in [-0.2, 0) is 25.7 Å². The number of amides is 1. The molecule has 1 amide bonds. The molecule has 6 rings (SSSR count). The quantitative estimate of drug-likeness (QED) is 0.295. The van der Waals surface area contributed by atoms with Crippen LogP contribution in [-0.4, -0.2) is 54.8 Å². The highest BCUT2D eigenvalue weighted by Gasteiger charge is 2.49. The Bertz CT molecular complexity index is 1860. The van der Waals surface area contributed by atoms with Gasteiger partial charge in [0.1, 0.15) is 5.69 Å². The van der Waals surface area contributed by atoms with E-state index in [0.717, 1.165) is 5.56 Å². The Kier molecular flexibility index (Phi) is 8.14. The number of para-hydroxylation sites is 1. The Balaban J connectivity index is 1.54. The number of nitriles is 1. The monoisotopic (exact) mass is 631 g/mol. The minimum atomic E-state index is -5.35. The number of hydrogen-bond donors (Lipinski definition) is 1. The Morgan fingerprint density at radius 3 is 2.41 bits per heavy atom. The maximum atomic E-state index is 14.7. The van der Waals surface area contributed by atoms with Crippen LogP contribution in [0, 0.1) is 11.3 Å². The number of rotatable bonds is 6. The van der Waals surface area contributed by atoms with E-state index in [0.29, 0.717) is 59.6 Å². The summed E-state index contributed by atoms with van der Waals surface area (Å²) in [5.41, 5.74) is 2.57. The minimum absolute atomic E-state index is 0.0114. The lowest BCUT2D eigenvalue weighted by Crippen LogP contribution is -2.55. The first-order valence-electron chi connectivity index (χ1n) is 14.5. The Labute approximate surface area is 261 Å². The fraction of sp³-hybridized carbons (Fsp3) is 0.273. The summed E-state index contributed by atoms with van der Waals surface area (Å²) in [6.45, 7) is 1.52. The Morgan fingerprint density at radius 1 is 1.02 bits per heavy atom. The molecular formula is C33H28F3N5O5. The van der Waals surface area contributed by atoms with Crippen molar-refractivity contribution in [2.24, 2.45) is 0 Å². The second-order valence-corrected chi connectivity index (χ2v) is 11.0. The molecule has 1 atom stereocenters. The van der Waals surface area contributed by atoms with Gasteiger partial charge in [-0.1, -0.05) is 30.3 Å². The third kappa shape index (κ3) is 5.63. The minimum Gasteiger partial charge on any atom is -0.465 e. The third-order valence-electron chi connectivity index (χ3n) is 8.24.